The lowest BCUT2D eigenvalue weighted by molar-refractivity contribution is -0.114. The maximum absolute atomic E-state index is 13.5. The van der Waals surface area contributed by atoms with Crippen LogP contribution in [0.25, 0.3) is 0 Å². The molecule has 0 aliphatic heterocycles. The van der Waals surface area contributed by atoms with E-state index in [0.29, 0.717) is 0 Å². The molecule has 0 aliphatic rings. The van der Waals surface area contributed by atoms with E-state index < -0.39 is 34.4 Å². The number of ether oxygens (including phenoxy) is 2. The number of amides is 1. The number of nitrogens with one attached hydrogen (secondary N) is 1. The molecule has 0 saturated heterocycles. The standard InChI is InChI=1S/C24H20Cl2N2O7S/c1-34-23(30)15-11-12-17(24(31)35-2)19(13-15)27-21(29)14-28(20-10-6-9-18(25)22(20)26)36(32,33)16-7-4-3-5-8-16/h3-13H,14H2,1-2H3,(H,27,29). The van der Waals surface area contributed by atoms with Crippen LogP contribution in [0, 0.1) is 0 Å². The summed E-state index contributed by atoms with van der Waals surface area (Å²) < 4.78 is 37.2. The third kappa shape index (κ3) is 5.78. The van der Waals surface area contributed by atoms with Gasteiger partial charge in [-0.25, -0.2) is 18.0 Å². The molecule has 0 aliphatic carbocycles. The maximum Gasteiger partial charge on any atom is 0.339 e. The molecule has 0 unspecified atom stereocenters. The summed E-state index contributed by atoms with van der Waals surface area (Å²) in [5.74, 6) is -2.33. The predicted molar refractivity (Wildman–Crippen MR) is 135 cm³/mol. The van der Waals surface area contributed by atoms with E-state index in [-0.39, 0.29) is 37.4 Å². The molecule has 0 bridgehead atoms. The molecule has 0 fully saturated rings. The van der Waals surface area contributed by atoms with Crippen LogP contribution in [-0.2, 0) is 24.3 Å². The van der Waals surface area contributed by atoms with Gasteiger partial charge >= 0.3 is 11.9 Å². The Morgan fingerprint density at radius 3 is 2.19 bits per heavy atom. The van der Waals surface area contributed by atoms with Crippen molar-refractivity contribution in [1.82, 2.24) is 0 Å². The van der Waals surface area contributed by atoms with Crippen molar-refractivity contribution in [2.45, 2.75) is 4.90 Å². The van der Waals surface area contributed by atoms with Gasteiger partial charge in [0.25, 0.3) is 10.0 Å². The van der Waals surface area contributed by atoms with Gasteiger partial charge in [0.2, 0.25) is 5.91 Å². The fourth-order valence-corrected chi connectivity index (χ4v) is 5.11. The highest BCUT2D eigenvalue weighted by molar-refractivity contribution is 7.92. The number of anilines is 2. The number of rotatable bonds is 8. The third-order valence-electron chi connectivity index (χ3n) is 4.94. The minimum atomic E-state index is -4.27. The van der Waals surface area contributed by atoms with E-state index in [4.69, 9.17) is 27.9 Å². The van der Waals surface area contributed by atoms with Crippen LogP contribution in [0.4, 0.5) is 11.4 Å². The second kappa shape index (κ2) is 11.4. The number of nitrogens with zero attached hydrogens (tertiary/aromatic N) is 1. The summed E-state index contributed by atoms with van der Waals surface area (Å²) in [5.41, 5.74) is -0.118. The average Bonchev–Trinajstić information content (AvgIpc) is 2.88. The molecular formula is C24H20Cl2N2O7S. The molecule has 0 saturated carbocycles. The van der Waals surface area contributed by atoms with Crippen molar-refractivity contribution in [3.05, 3.63) is 87.9 Å². The van der Waals surface area contributed by atoms with Crippen LogP contribution >= 0.6 is 23.2 Å². The van der Waals surface area contributed by atoms with Crippen molar-refractivity contribution in [3.8, 4) is 0 Å². The van der Waals surface area contributed by atoms with Gasteiger partial charge in [-0.05, 0) is 42.5 Å². The molecule has 0 radical (unpaired) electrons. The molecule has 1 N–H and O–H groups in total. The normalized spacial score (nSPS) is 10.9. The number of halogens is 2. The zero-order valence-corrected chi connectivity index (χ0v) is 21.4. The van der Waals surface area contributed by atoms with E-state index in [1.54, 1.807) is 6.07 Å². The zero-order chi connectivity index (χ0) is 26.5. The SMILES string of the molecule is COC(=O)c1ccc(C(=O)OC)c(NC(=O)CN(c2cccc(Cl)c2Cl)S(=O)(=O)c2ccccc2)c1. The van der Waals surface area contributed by atoms with Crippen LogP contribution in [0.5, 0.6) is 0 Å². The van der Waals surface area contributed by atoms with E-state index in [1.807, 2.05) is 0 Å². The van der Waals surface area contributed by atoms with Gasteiger partial charge < -0.3 is 14.8 Å². The first-order valence-corrected chi connectivity index (χ1v) is 12.4. The van der Waals surface area contributed by atoms with Gasteiger partial charge in [0, 0.05) is 0 Å². The van der Waals surface area contributed by atoms with Crippen molar-refractivity contribution in [2.75, 3.05) is 30.4 Å². The summed E-state index contributed by atoms with van der Waals surface area (Å²) in [4.78, 5) is 37.2. The Labute approximate surface area is 217 Å². The minimum absolute atomic E-state index is 0.0281. The van der Waals surface area contributed by atoms with E-state index in [2.05, 4.69) is 10.1 Å². The van der Waals surface area contributed by atoms with Gasteiger partial charge in [0.05, 0.1) is 51.7 Å². The number of sulfonamides is 1. The molecule has 3 aromatic rings. The molecule has 3 aromatic carbocycles. The number of carbonyl (C=O) groups excluding carboxylic acids is 3. The maximum atomic E-state index is 13.5. The number of hydrogen-bond acceptors (Lipinski definition) is 7. The van der Waals surface area contributed by atoms with Crippen molar-refractivity contribution in [1.29, 1.82) is 0 Å². The fraction of sp³-hybridized carbons (Fsp3) is 0.125. The van der Waals surface area contributed by atoms with Gasteiger partial charge in [0.1, 0.15) is 6.54 Å². The first-order chi connectivity index (χ1) is 17.1. The summed E-state index contributed by atoms with van der Waals surface area (Å²) in [6.07, 6.45) is 0. The second-order valence-electron chi connectivity index (χ2n) is 7.19. The van der Waals surface area contributed by atoms with Crippen molar-refractivity contribution < 1.29 is 32.3 Å². The van der Waals surface area contributed by atoms with E-state index >= 15 is 0 Å². The van der Waals surface area contributed by atoms with E-state index in [1.165, 1.54) is 67.8 Å². The highest BCUT2D eigenvalue weighted by atomic mass is 35.5. The van der Waals surface area contributed by atoms with E-state index in [9.17, 15) is 22.8 Å². The Morgan fingerprint density at radius 2 is 1.56 bits per heavy atom. The summed E-state index contributed by atoms with van der Waals surface area (Å²) in [6, 6.07) is 15.6. The molecule has 12 heteroatoms. The molecular weight excluding hydrogens is 531 g/mol. The van der Waals surface area contributed by atoms with Crippen LogP contribution < -0.4 is 9.62 Å². The Balaban J connectivity index is 2.04. The topological polar surface area (TPSA) is 119 Å². The largest absolute Gasteiger partial charge is 0.465 e. The Hall–Kier alpha value is -3.60. The molecule has 1 amide bonds. The Morgan fingerprint density at radius 1 is 0.889 bits per heavy atom. The molecule has 36 heavy (non-hydrogen) atoms. The van der Waals surface area contributed by atoms with Gasteiger partial charge in [-0.1, -0.05) is 47.5 Å². The summed E-state index contributed by atoms with van der Waals surface area (Å²) in [6.45, 7) is -0.736. The Kier molecular flexibility index (Phi) is 8.57. The molecule has 0 atom stereocenters. The smallest absolute Gasteiger partial charge is 0.339 e. The lowest BCUT2D eigenvalue weighted by Crippen LogP contribution is -2.38. The van der Waals surface area contributed by atoms with Gasteiger partial charge in [-0.3, -0.25) is 9.10 Å². The van der Waals surface area contributed by atoms with Crippen molar-refractivity contribution in [3.63, 3.8) is 0 Å². The highest BCUT2D eigenvalue weighted by Gasteiger charge is 2.30. The second-order valence-corrected chi connectivity index (χ2v) is 9.84. The summed E-state index contributed by atoms with van der Waals surface area (Å²) in [7, 11) is -1.95. The molecule has 0 spiro atoms. The van der Waals surface area contributed by atoms with Crippen LogP contribution in [-0.4, -0.2) is 47.0 Å². The zero-order valence-electron chi connectivity index (χ0n) is 19.0. The van der Waals surface area contributed by atoms with Crippen LogP contribution in [0.15, 0.2) is 71.6 Å². The van der Waals surface area contributed by atoms with Crippen LogP contribution in [0.3, 0.4) is 0 Å². The van der Waals surface area contributed by atoms with Crippen molar-refractivity contribution in [2.24, 2.45) is 0 Å². The first kappa shape index (κ1) is 27.0. The van der Waals surface area contributed by atoms with Gasteiger partial charge in [0.15, 0.2) is 0 Å². The monoisotopic (exact) mass is 550 g/mol. The molecule has 0 aromatic heterocycles. The molecule has 0 heterocycles. The lowest BCUT2D eigenvalue weighted by Gasteiger charge is -2.25. The van der Waals surface area contributed by atoms with Gasteiger partial charge in [-0.2, -0.15) is 0 Å². The lowest BCUT2D eigenvalue weighted by atomic mass is 10.1. The molecule has 3 rings (SSSR count). The quantitative estimate of drug-likeness (QED) is 0.412. The van der Waals surface area contributed by atoms with Gasteiger partial charge in [-0.15, -0.1) is 0 Å². The summed E-state index contributed by atoms with van der Waals surface area (Å²) >= 11 is 12.4. The predicted octanol–water partition coefficient (Wildman–Crippen LogP) is 4.40. The number of benzene rings is 3. The fourth-order valence-electron chi connectivity index (χ4n) is 3.20. The first-order valence-electron chi connectivity index (χ1n) is 10.2. The number of hydrogen-bond donors (Lipinski definition) is 1. The van der Waals surface area contributed by atoms with E-state index in [0.717, 1.165) is 11.4 Å². The third-order valence-corrected chi connectivity index (χ3v) is 7.52. The number of methoxy groups -OCH3 is 2. The van der Waals surface area contributed by atoms with Crippen LogP contribution in [0.1, 0.15) is 20.7 Å². The van der Waals surface area contributed by atoms with Crippen molar-refractivity contribution >= 4 is 62.4 Å². The molecule has 9 nitrogen and oxygen atoms in total. The molecule has 188 valence electrons. The number of esters is 2. The average molecular weight is 551 g/mol. The minimum Gasteiger partial charge on any atom is -0.465 e. The Bertz CT molecular complexity index is 1410. The summed E-state index contributed by atoms with van der Waals surface area (Å²) in [5, 5.41) is 2.48. The van der Waals surface area contributed by atoms with Crippen LogP contribution in [0.2, 0.25) is 10.0 Å². The number of carbonyl (C=O) groups is 3. The highest BCUT2D eigenvalue weighted by Crippen LogP contribution is 2.35.